The first kappa shape index (κ1) is 24.3. The summed E-state index contributed by atoms with van der Waals surface area (Å²) in [4.78, 5) is 4.29. The first-order chi connectivity index (χ1) is 14.1. The Morgan fingerprint density at radius 2 is 2.13 bits per heavy atom. The number of hydrogen-bond donors (Lipinski definition) is 3. The molecule has 0 spiro atoms. The van der Waals surface area contributed by atoms with E-state index < -0.39 is 0 Å². The summed E-state index contributed by atoms with van der Waals surface area (Å²) in [5.74, 6) is 2.48. The summed E-state index contributed by atoms with van der Waals surface area (Å²) in [7, 11) is 1.79. The van der Waals surface area contributed by atoms with Crippen molar-refractivity contribution in [3.8, 4) is 11.8 Å². The maximum absolute atomic E-state index is 9.53. The van der Waals surface area contributed by atoms with Crippen molar-refractivity contribution in [2.24, 2.45) is 4.99 Å². The molecule has 162 valence electrons. The number of aryl methyl sites for hydroxylation is 2. The van der Waals surface area contributed by atoms with Gasteiger partial charge in [0.25, 0.3) is 0 Å². The molecule has 0 aliphatic carbocycles. The molecule has 1 aliphatic heterocycles. The number of thioether (sulfide) groups is 1. The molecule has 4 N–H and O–H groups in total. The molecule has 9 heteroatoms. The van der Waals surface area contributed by atoms with Crippen LogP contribution in [0.15, 0.2) is 29.3 Å². The zero-order valence-electron chi connectivity index (χ0n) is 17.5. The molecule has 3 rings (SSSR count). The number of hydrogen-bond acceptors (Lipinski definition) is 5. The maximum Gasteiger partial charge on any atom is 0.191 e. The van der Waals surface area contributed by atoms with Gasteiger partial charge in [0.1, 0.15) is 17.5 Å². The molecule has 0 radical (unpaired) electrons. The zero-order chi connectivity index (χ0) is 20.6. The Morgan fingerprint density at radius 3 is 2.77 bits per heavy atom. The number of nitrogens with one attached hydrogen (secondary N) is 2. The zero-order valence-corrected chi connectivity index (χ0v) is 20.7. The van der Waals surface area contributed by atoms with Gasteiger partial charge in [0.2, 0.25) is 0 Å². The number of aromatic nitrogens is 2. The highest BCUT2D eigenvalue weighted by Gasteiger charge is 2.17. The number of benzene rings is 1. The molecule has 2 heterocycles. The van der Waals surface area contributed by atoms with Gasteiger partial charge in [-0.1, -0.05) is 17.7 Å². The lowest BCUT2D eigenvalue weighted by atomic mass is 10.1. The minimum atomic E-state index is 0. The van der Waals surface area contributed by atoms with Crippen LogP contribution in [0.3, 0.4) is 0 Å². The Labute approximate surface area is 199 Å². The lowest BCUT2D eigenvalue weighted by Crippen LogP contribution is -2.40. The normalized spacial score (nSPS) is 16.0. The molecule has 1 aliphatic rings. The van der Waals surface area contributed by atoms with Gasteiger partial charge in [-0.15, -0.1) is 24.0 Å². The van der Waals surface area contributed by atoms with Crippen LogP contribution in [0.2, 0.25) is 0 Å². The first-order valence-electron chi connectivity index (χ1n) is 10.0. The molecule has 7 nitrogen and oxygen atoms in total. The smallest absolute Gasteiger partial charge is 0.191 e. The highest BCUT2D eigenvalue weighted by Crippen LogP contribution is 2.25. The largest absolute Gasteiger partial charge is 0.382 e. The molecular weight excluding hydrogens is 509 g/mol. The fourth-order valence-corrected chi connectivity index (χ4v) is 4.56. The number of guanidine groups is 1. The average Bonchev–Trinajstić information content (AvgIpc) is 3.36. The number of nitrogen functional groups attached to an aromatic ring is 1. The maximum atomic E-state index is 9.53. The van der Waals surface area contributed by atoms with Crippen molar-refractivity contribution in [1.82, 2.24) is 20.4 Å². The number of aliphatic imine (C=N–C) groups is 1. The third-order valence-corrected chi connectivity index (χ3v) is 6.41. The molecule has 1 saturated heterocycles. The van der Waals surface area contributed by atoms with E-state index in [2.05, 4.69) is 26.8 Å². The second-order valence-electron chi connectivity index (χ2n) is 7.18. The van der Waals surface area contributed by atoms with E-state index in [1.54, 1.807) is 11.7 Å². The molecule has 1 fully saturated rings. The van der Waals surface area contributed by atoms with Crippen LogP contribution in [0.4, 0.5) is 5.82 Å². The summed E-state index contributed by atoms with van der Waals surface area (Å²) < 4.78 is 1.65. The Balaban J connectivity index is 0.00000320. The lowest BCUT2D eigenvalue weighted by molar-refractivity contribution is 0.702. The Morgan fingerprint density at radius 1 is 1.37 bits per heavy atom. The van der Waals surface area contributed by atoms with Crippen molar-refractivity contribution in [3.05, 3.63) is 41.1 Å². The molecule has 0 bridgehead atoms. The second-order valence-corrected chi connectivity index (χ2v) is 8.59. The monoisotopic (exact) mass is 539 g/mol. The third-order valence-electron chi connectivity index (χ3n) is 5.01. The fourth-order valence-electron chi connectivity index (χ4n) is 3.36. The van der Waals surface area contributed by atoms with Crippen molar-refractivity contribution < 1.29 is 0 Å². The van der Waals surface area contributed by atoms with E-state index in [-0.39, 0.29) is 24.0 Å². The summed E-state index contributed by atoms with van der Waals surface area (Å²) in [6, 6.07) is 10.2. The third kappa shape index (κ3) is 6.28. The molecule has 0 amide bonds. The predicted octanol–water partition coefficient (Wildman–Crippen LogP) is 3.25. The summed E-state index contributed by atoms with van der Waals surface area (Å²) in [6.07, 6.45) is 4.09. The fraction of sp³-hybridized carbons (Fsp3) is 0.476. The minimum Gasteiger partial charge on any atom is -0.382 e. The van der Waals surface area contributed by atoms with Crippen LogP contribution in [0, 0.1) is 18.3 Å². The molecule has 30 heavy (non-hydrogen) atoms. The first-order valence-corrected chi connectivity index (χ1v) is 11.1. The lowest BCUT2D eigenvalue weighted by Gasteiger charge is -2.14. The SMILES string of the molecule is CN=C(NCCCc1nn(-c2ccc(C)cc2)c(N)c1C#N)NCC1CCCS1.I. The van der Waals surface area contributed by atoms with Gasteiger partial charge in [-0.2, -0.15) is 22.1 Å². The van der Waals surface area contributed by atoms with Gasteiger partial charge >= 0.3 is 0 Å². The summed E-state index contributed by atoms with van der Waals surface area (Å²) in [5, 5.41) is 21.5. The number of nitriles is 1. The standard InChI is InChI=1S/C21H29N7S.HI/c1-15-7-9-16(10-8-15)28-20(23)18(13-22)19(27-28)6-3-11-25-21(24-2)26-14-17-5-4-12-29-17;/h7-10,17H,3-6,11-12,14,23H2,1-2H3,(H2,24,25,26);1H. The van der Waals surface area contributed by atoms with Gasteiger partial charge in [-0.3, -0.25) is 4.99 Å². The van der Waals surface area contributed by atoms with Crippen LogP contribution in [0.25, 0.3) is 5.69 Å². The van der Waals surface area contributed by atoms with Gasteiger partial charge < -0.3 is 16.4 Å². The van der Waals surface area contributed by atoms with Crippen LogP contribution in [0.1, 0.15) is 36.1 Å². The molecule has 1 aromatic carbocycles. The Bertz CT molecular complexity index is 880. The topological polar surface area (TPSA) is 104 Å². The van der Waals surface area contributed by atoms with Gasteiger partial charge in [0, 0.05) is 25.4 Å². The van der Waals surface area contributed by atoms with Crippen molar-refractivity contribution in [3.63, 3.8) is 0 Å². The molecular formula is C21H30IN7S. The van der Waals surface area contributed by atoms with E-state index in [0.717, 1.165) is 36.9 Å². The van der Waals surface area contributed by atoms with Crippen LogP contribution in [0.5, 0.6) is 0 Å². The van der Waals surface area contributed by atoms with E-state index in [4.69, 9.17) is 5.73 Å². The van der Waals surface area contributed by atoms with E-state index in [1.165, 1.54) is 24.2 Å². The van der Waals surface area contributed by atoms with E-state index in [0.29, 0.717) is 23.1 Å². The van der Waals surface area contributed by atoms with E-state index in [1.807, 2.05) is 43.0 Å². The van der Waals surface area contributed by atoms with Gasteiger partial charge in [0.05, 0.1) is 11.4 Å². The average molecular weight is 539 g/mol. The quantitative estimate of drug-likeness (QED) is 0.216. The summed E-state index contributed by atoms with van der Waals surface area (Å²) in [6.45, 7) is 3.73. The van der Waals surface area contributed by atoms with E-state index in [9.17, 15) is 5.26 Å². The number of nitrogens with zero attached hydrogens (tertiary/aromatic N) is 4. The van der Waals surface area contributed by atoms with Crippen LogP contribution >= 0.6 is 35.7 Å². The van der Waals surface area contributed by atoms with Gasteiger partial charge in [-0.05, 0) is 50.5 Å². The van der Waals surface area contributed by atoms with Crippen LogP contribution in [-0.4, -0.2) is 46.9 Å². The molecule has 0 saturated carbocycles. The summed E-state index contributed by atoms with van der Waals surface area (Å²) in [5.41, 5.74) is 9.42. The number of nitrogens with two attached hydrogens (primary N) is 1. The van der Waals surface area contributed by atoms with Gasteiger partial charge in [0.15, 0.2) is 5.96 Å². The number of rotatable bonds is 7. The van der Waals surface area contributed by atoms with Crippen LogP contribution in [-0.2, 0) is 6.42 Å². The predicted molar refractivity (Wildman–Crippen MR) is 136 cm³/mol. The Hall–Kier alpha value is -1.93. The van der Waals surface area contributed by atoms with Crippen molar-refractivity contribution in [2.75, 3.05) is 31.6 Å². The number of anilines is 1. The van der Waals surface area contributed by atoms with Crippen LogP contribution < -0.4 is 16.4 Å². The Kier molecular flexibility index (Phi) is 9.78. The number of halogens is 1. The molecule has 1 aromatic heterocycles. The second kappa shape index (κ2) is 12.1. The highest BCUT2D eigenvalue weighted by molar-refractivity contribution is 14.0. The molecule has 2 aromatic rings. The highest BCUT2D eigenvalue weighted by atomic mass is 127. The van der Waals surface area contributed by atoms with Crippen molar-refractivity contribution >= 4 is 47.5 Å². The summed E-state index contributed by atoms with van der Waals surface area (Å²) >= 11 is 2.03. The van der Waals surface area contributed by atoms with Gasteiger partial charge in [-0.25, -0.2) is 4.68 Å². The minimum absolute atomic E-state index is 0. The van der Waals surface area contributed by atoms with E-state index >= 15 is 0 Å². The molecule has 1 atom stereocenters. The molecule has 1 unspecified atom stereocenters. The van der Waals surface area contributed by atoms with Crippen molar-refractivity contribution in [2.45, 2.75) is 37.9 Å². The van der Waals surface area contributed by atoms with Crippen molar-refractivity contribution in [1.29, 1.82) is 5.26 Å².